The Kier molecular flexibility index (Phi) is 3.82. The number of nitrogens with two attached hydrogens (primary N) is 1. The Morgan fingerprint density at radius 2 is 2.11 bits per heavy atom. The van der Waals surface area contributed by atoms with E-state index in [9.17, 15) is 0 Å². The van der Waals surface area contributed by atoms with Crippen molar-refractivity contribution in [2.75, 3.05) is 31.1 Å². The van der Waals surface area contributed by atoms with E-state index in [0.29, 0.717) is 6.54 Å². The van der Waals surface area contributed by atoms with Gasteiger partial charge in [-0.25, -0.2) is 4.98 Å². The van der Waals surface area contributed by atoms with Crippen LogP contribution < -0.4 is 10.6 Å². The first-order valence-electron chi connectivity index (χ1n) is 7.00. The molecule has 100 valence electrons. The van der Waals surface area contributed by atoms with Gasteiger partial charge in [-0.3, -0.25) is 4.90 Å². The summed E-state index contributed by atoms with van der Waals surface area (Å²) < 4.78 is 0. The molecule has 0 aliphatic carbocycles. The van der Waals surface area contributed by atoms with Crippen molar-refractivity contribution in [1.29, 1.82) is 0 Å². The minimum atomic E-state index is 0.555. The lowest BCUT2D eigenvalue weighted by Gasteiger charge is -2.32. The molecule has 4 nitrogen and oxygen atoms in total. The Morgan fingerprint density at radius 1 is 1.28 bits per heavy atom. The summed E-state index contributed by atoms with van der Waals surface area (Å²) in [6.45, 7) is 5.45. The van der Waals surface area contributed by atoms with Gasteiger partial charge in [-0.15, -0.1) is 11.3 Å². The number of rotatable bonds is 3. The van der Waals surface area contributed by atoms with Crippen molar-refractivity contribution in [3.8, 4) is 0 Å². The number of anilines is 1. The third kappa shape index (κ3) is 2.53. The Hall–Kier alpha value is -0.650. The number of hydrogen-bond acceptors (Lipinski definition) is 5. The van der Waals surface area contributed by atoms with Crippen molar-refractivity contribution in [1.82, 2.24) is 9.88 Å². The average molecular weight is 266 g/mol. The van der Waals surface area contributed by atoms with Crippen LogP contribution in [-0.4, -0.2) is 42.1 Å². The quantitative estimate of drug-likeness (QED) is 0.904. The fourth-order valence-electron chi connectivity index (χ4n) is 3.03. The van der Waals surface area contributed by atoms with E-state index >= 15 is 0 Å². The largest absolute Gasteiger partial charge is 0.346 e. The average Bonchev–Trinajstić information content (AvgIpc) is 3.08. The summed E-state index contributed by atoms with van der Waals surface area (Å²) in [5, 5.41) is 3.25. The third-order valence-corrected chi connectivity index (χ3v) is 5.04. The first-order valence-corrected chi connectivity index (χ1v) is 7.88. The van der Waals surface area contributed by atoms with E-state index in [1.807, 2.05) is 0 Å². The molecule has 1 atom stereocenters. The number of nitrogens with zero attached hydrogens (tertiary/aromatic N) is 3. The molecule has 0 bridgehead atoms. The summed E-state index contributed by atoms with van der Waals surface area (Å²) in [5.41, 5.74) is 6.65. The zero-order chi connectivity index (χ0) is 12.4. The van der Waals surface area contributed by atoms with Crippen LogP contribution in [0.2, 0.25) is 0 Å². The molecule has 3 heterocycles. The van der Waals surface area contributed by atoms with E-state index in [0.717, 1.165) is 30.0 Å². The van der Waals surface area contributed by atoms with E-state index in [-0.39, 0.29) is 0 Å². The van der Waals surface area contributed by atoms with Gasteiger partial charge in [0.1, 0.15) is 0 Å². The van der Waals surface area contributed by atoms with E-state index in [1.54, 1.807) is 11.3 Å². The van der Waals surface area contributed by atoms with Gasteiger partial charge in [-0.1, -0.05) is 6.42 Å². The van der Waals surface area contributed by atoms with E-state index < -0.39 is 0 Å². The number of aromatic nitrogens is 1. The van der Waals surface area contributed by atoms with Crippen LogP contribution >= 0.6 is 11.3 Å². The first-order chi connectivity index (χ1) is 8.86. The van der Waals surface area contributed by atoms with Crippen LogP contribution in [0, 0.1) is 0 Å². The molecule has 2 aliphatic rings. The standard InChI is InChI=1S/C13H22N4S/c14-8-11-10-18-13(15-11)17-7-4-12(9-17)16-5-2-1-3-6-16/h10,12H,1-9,14H2. The topological polar surface area (TPSA) is 45.4 Å². The van der Waals surface area contributed by atoms with Gasteiger partial charge in [0.2, 0.25) is 0 Å². The lowest BCUT2D eigenvalue weighted by atomic mass is 10.1. The van der Waals surface area contributed by atoms with Crippen molar-refractivity contribution in [2.45, 2.75) is 38.3 Å². The minimum absolute atomic E-state index is 0.555. The molecule has 2 aliphatic heterocycles. The number of piperidine rings is 1. The minimum Gasteiger partial charge on any atom is -0.346 e. The second-order valence-corrected chi connectivity index (χ2v) is 6.15. The monoisotopic (exact) mass is 266 g/mol. The fraction of sp³-hybridized carbons (Fsp3) is 0.769. The van der Waals surface area contributed by atoms with E-state index in [4.69, 9.17) is 5.73 Å². The Morgan fingerprint density at radius 3 is 2.83 bits per heavy atom. The van der Waals surface area contributed by atoms with Crippen LogP contribution in [-0.2, 0) is 6.54 Å². The van der Waals surface area contributed by atoms with Crippen molar-refractivity contribution in [2.24, 2.45) is 5.73 Å². The summed E-state index contributed by atoms with van der Waals surface area (Å²) in [6, 6.07) is 0.746. The van der Waals surface area contributed by atoms with Crippen LogP contribution in [0.3, 0.4) is 0 Å². The molecule has 2 N–H and O–H groups in total. The highest BCUT2D eigenvalue weighted by atomic mass is 32.1. The van der Waals surface area contributed by atoms with Gasteiger partial charge in [0.15, 0.2) is 5.13 Å². The molecule has 0 radical (unpaired) electrons. The van der Waals surface area contributed by atoms with Gasteiger partial charge >= 0.3 is 0 Å². The smallest absolute Gasteiger partial charge is 0.185 e. The summed E-state index contributed by atoms with van der Waals surface area (Å²) in [4.78, 5) is 9.71. The highest BCUT2D eigenvalue weighted by molar-refractivity contribution is 7.13. The molecule has 18 heavy (non-hydrogen) atoms. The lowest BCUT2D eigenvalue weighted by Crippen LogP contribution is -2.40. The van der Waals surface area contributed by atoms with Crippen molar-refractivity contribution >= 4 is 16.5 Å². The fourth-order valence-corrected chi connectivity index (χ4v) is 3.91. The molecule has 0 aromatic carbocycles. The predicted molar refractivity (Wildman–Crippen MR) is 76.0 cm³/mol. The second kappa shape index (κ2) is 5.55. The molecule has 1 unspecified atom stereocenters. The molecule has 0 saturated carbocycles. The molecule has 1 aromatic rings. The maximum atomic E-state index is 5.62. The van der Waals surface area contributed by atoms with Crippen molar-refractivity contribution in [3.05, 3.63) is 11.1 Å². The first kappa shape index (κ1) is 12.4. The van der Waals surface area contributed by atoms with E-state index in [1.165, 1.54) is 38.8 Å². The Bertz CT molecular complexity index is 386. The SMILES string of the molecule is NCc1csc(N2CCC(N3CCCCC3)C2)n1. The van der Waals surface area contributed by atoms with E-state index in [2.05, 4.69) is 20.2 Å². The Balaban J connectivity index is 1.60. The van der Waals surface area contributed by atoms with Crippen LogP contribution in [0.1, 0.15) is 31.4 Å². The summed E-state index contributed by atoms with van der Waals surface area (Å²) in [7, 11) is 0. The molecule has 3 rings (SSSR count). The normalized spacial score (nSPS) is 25.8. The summed E-state index contributed by atoms with van der Waals surface area (Å²) >= 11 is 1.74. The number of likely N-dealkylation sites (tertiary alicyclic amines) is 1. The highest BCUT2D eigenvalue weighted by Crippen LogP contribution is 2.27. The third-order valence-electron chi connectivity index (χ3n) is 4.09. The molecule has 5 heteroatoms. The maximum absolute atomic E-state index is 5.62. The zero-order valence-electron chi connectivity index (χ0n) is 10.8. The molecule has 1 aromatic heterocycles. The summed E-state index contributed by atoms with van der Waals surface area (Å²) in [6.07, 6.45) is 5.47. The number of hydrogen-bond donors (Lipinski definition) is 1. The van der Waals surface area contributed by atoms with Crippen LogP contribution in [0.4, 0.5) is 5.13 Å². The van der Waals surface area contributed by atoms with Gasteiger partial charge in [-0.2, -0.15) is 0 Å². The molecule has 0 amide bonds. The molecule has 2 saturated heterocycles. The van der Waals surface area contributed by atoms with Gasteiger partial charge in [0.05, 0.1) is 5.69 Å². The van der Waals surface area contributed by atoms with Gasteiger partial charge < -0.3 is 10.6 Å². The van der Waals surface area contributed by atoms with Crippen LogP contribution in [0.25, 0.3) is 0 Å². The van der Waals surface area contributed by atoms with Crippen LogP contribution in [0.5, 0.6) is 0 Å². The summed E-state index contributed by atoms with van der Waals surface area (Å²) in [5.74, 6) is 0. The highest BCUT2D eigenvalue weighted by Gasteiger charge is 2.29. The van der Waals surface area contributed by atoms with Gasteiger partial charge in [0, 0.05) is 31.1 Å². The van der Waals surface area contributed by atoms with Gasteiger partial charge in [-0.05, 0) is 32.4 Å². The molecular weight excluding hydrogens is 244 g/mol. The lowest BCUT2D eigenvalue weighted by molar-refractivity contribution is 0.175. The van der Waals surface area contributed by atoms with Crippen LogP contribution in [0.15, 0.2) is 5.38 Å². The zero-order valence-corrected chi connectivity index (χ0v) is 11.7. The predicted octanol–water partition coefficient (Wildman–Crippen LogP) is 1.67. The van der Waals surface area contributed by atoms with Gasteiger partial charge in [0.25, 0.3) is 0 Å². The second-order valence-electron chi connectivity index (χ2n) is 5.31. The van der Waals surface area contributed by atoms with Crippen molar-refractivity contribution < 1.29 is 0 Å². The van der Waals surface area contributed by atoms with Crippen molar-refractivity contribution in [3.63, 3.8) is 0 Å². The molecule has 2 fully saturated rings. The molecule has 0 spiro atoms. The molecular formula is C13H22N4S. The Labute approximate surface area is 113 Å². The number of thiazole rings is 1. The maximum Gasteiger partial charge on any atom is 0.185 e.